The molecule has 0 aliphatic carbocycles. The number of terminal acetylenes is 1. The predicted molar refractivity (Wildman–Crippen MR) is 134 cm³/mol. The van der Waals surface area contributed by atoms with Crippen molar-refractivity contribution >= 4 is 11.9 Å². The Hall–Kier alpha value is -4.46. The van der Waals surface area contributed by atoms with Gasteiger partial charge < -0.3 is 9.47 Å². The van der Waals surface area contributed by atoms with Crippen LogP contribution < -0.4 is 5.32 Å². The molecule has 0 radical (unpaired) electrons. The minimum atomic E-state index is -0.358. The zero-order valence-electron chi connectivity index (χ0n) is 20.0. The van der Waals surface area contributed by atoms with Gasteiger partial charge in [0, 0.05) is 24.8 Å². The van der Waals surface area contributed by atoms with Crippen LogP contribution in [0.25, 0.3) is 22.6 Å². The van der Waals surface area contributed by atoms with E-state index in [1.54, 1.807) is 24.1 Å². The maximum Gasteiger partial charge on any atom is 0.252 e. The van der Waals surface area contributed by atoms with E-state index in [9.17, 15) is 4.79 Å². The van der Waals surface area contributed by atoms with Gasteiger partial charge in [-0.1, -0.05) is 29.3 Å². The average molecular weight is 484 g/mol. The van der Waals surface area contributed by atoms with Crippen molar-refractivity contribution in [3.05, 3.63) is 71.7 Å². The number of methoxy groups -OCH3 is 1. The van der Waals surface area contributed by atoms with E-state index in [1.165, 1.54) is 0 Å². The Balaban J connectivity index is 1.65. The summed E-state index contributed by atoms with van der Waals surface area (Å²) < 4.78 is 12.0. The number of carbonyl (C=O) groups is 1. The first kappa shape index (κ1) is 24.7. The van der Waals surface area contributed by atoms with Crippen LogP contribution in [0.2, 0.25) is 0 Å². The highest BCUT2D eigenvalue weighted by molar-refractivity contribution is 5.90. The summed E-state index contributed by atoms with van der Waals surface area (Å²) in [6.07, 6.45) is 7.33. The summed E-state index contributed by atoms with van der Waals surface area (Å²) in [5.74, 6) is 2.39. The van der Waals surface area contributed by atoms with Crippen LogP contribution in [0, 0.1) is 12.3 Å². The highest BCUT2D eigenvalue weighted by Gasteiger charge is 2.14. The molecule has 0 spiro atoms. The van der Waals surface area contributed by atoms with E-state index in [2.05, 4.69) is 36.5 Å². The summed E-state index contributed by atoms with van der Waals surface area (Å²) in [5, 5.41) is 11.2. The van der Waals surface area contributed by atoms with Crippen molar-refractivity contribution in [2.45, 2.75) is 20.1 Å². The lowest BCUT2D eigenvalue weighted by Crippen LogP contribution is -2.20. The van der Waals surface area contributed by atoms with E-state index >= 15 is 0 Å². The molecule has 0 bridgehead atoms. The van der Waals surface area contributed by atoms with E-state index in [-0.39, 0.29) is 18.5 Å². The number of anilines is 1. The van der Waals surface area contributed by atoms with Gasteiger partial charge in [-0.05, 0) is 37.3 Å². The van der Waals surface area contributed by atoms with Gasteiger partial charge in [0.2, 0.25) is 5.95 Å². The Morgan fingerprint density at radius 3 is 2.67 bits per heavy atom. The molecule has 10 nitrogen and oxygen atoms in total. The van der Waals surface area contributed by atoms with Crippen LogP contribution in [0.15, 0.2) is 54.7 Å². The number of hydrogen-bond acceptors (Lipinski definition) is 8. The quantitative estimate of drug-likeness (QED) is 0.342. The SMILES string of the molecule is C#Cc1cccc(-c2cc(-c3cn(Cc4cccc(COC)n4)nn3)nc(NC(=O)COCC)n2)c1. The monoisotopic (exact) mass is 483 g/mol. The van der Waals surface area contributed by atoms with E-state index in [4.69, 9.17) is 15.9 Å². The number of carbonyl (C=O) groups excluding carboxylic acids is 1. The predicted octanol–water partition coefficient (Wildman–Crippen LogP) is 2.95. The molecule has 0 aliphatic heterocycles. The Morgan fingerprint density at radius 2 is 1.86 bits per heavy atom. The number of nitrogens with one attached hydrogen (secondary N) is 1. The molecule has 0 unspecified atom stereocenters. The van der Waals surface area contributed by atoms with Crippen molar-refractivity contribution in [1.82, 2.24) is 29.9 Å². The first-order chi connectivity index (χ1) is 17.6. The van der Waals surface area contributed by atoms with Crippen LogP contribution >= 0.6 is 0 Å². The van der Waals surface area contributed by atoms with Gasteiger partial charge in [0.05, 0.1) is 42.1 Å². The third kappa shape index (κ3) is 6.35. The Morgan fingerprint density at radius 1 is 1.06 bits per heavy atom. The van der Waals surface area contributed by atoms with Crippen LogP contribution in [0.1, 0.15) is 23.9 Å². The Labute approximate surface area is 208 Å². The topological polar surface area (TPSA) is 117 Å². The molecule has 0 atom stereocenters. The van der Waals surface area contributed by atoms with Crippen LogP contribution in [-0.2, 0) is 27.4 Å². The molecule has 0 saturated carbocycles. The second kappa shape index (κ2) is 11.8. The van der Waals surface area contributed by atoms with Gasteiger partial charge in [0.15, 0.2) is 0 Å². The Kier molecular flexibility index (Phi) is 8.08. The molecule has 3 heterocycles. The number of ether oxygens (including phenoxy) is 2. The summed E-state index contributed by atoms with van der Waals surface area (Å²) in [6, 6.07) is 14.9. The van der Waals surface area contributed by atoms with Crippen molar-refractivity contribution in [3.8, 4) is 35.0 Å². The minimum Gasteiger partial charge on any atom is -0.378 e. The molecule has 4 rings (SSSR count). The Bertz CT molecular complexity index is 1390. The molecule has 1 aromatic carbocycles. The maximum atomic E-state index is 12.3. The van der Waals surface area contributed by atoms with Crippen molar-refractivity contribution in [1.29, 1.82) is 0 Å². The molecular weight excluding hydrogens is 458 g/mol. The largest absolute Gasteiger partial charge is 0.378 e. The third-order valence-corrected chi connectivity index (χ3v) is 5.02. The van der Waals surface area contributed by atoms with Crippen LogP contribution in [0.5, 0.6) is 0 Å². The number of benzene rings is 1. The van der Waals surface area contributed by atoms with Gasteiger partial charge in [-0.3, -0.25) is 15.1 Å². The van der Waals surface area contributed by atoms with E-state index in [1.807, 2.05) is 49.4 Å². The molecule has 1 N–H and O–H groups in total. The summed E-state index contributed by atoms with van der Waals surface area (Å²) in [7, 11) is 1.63. The number of amides is 1. The van der Waals surface area contributed by atoms with Gasteiger partial charge in [-0.2, -0.15) is 0 Å². The summed E-state index contributed by atoms with van der Waals surface area (Å²) in [4.78, 5) is 25.8. The molecular formula is C26H25N7O3. The van der Waals surface area contributed by atoms with Crippen LogP contribution in [0.3, 0.4) is 0 Å². The fraction of sp³-hybridized carbons (Fsp3) is 0.231. The maximum absolute atomic E-state index is 12.3. The molecule has 10 heteroatoms. The number of aromatic nitrogens is 6. The van der Waals surface area contributed by atoms with Crippen molar-refractivity contribution in [2.75, 3.05) is 25.6 Å². The lowest BCUT2D eigenvalue weighted by molar-refractivity contribution is -0.120. The van der Waals surface area contributed by atoms with Gasteiger partial charge in [-0.15, -0.1) is 11.5 Å². The molecule has 182 valence electrons. The zero-order valence-corrected chi connectivity index (χ0v) is 20.0. The normalized spacial score (nSPS) is 10.7. The number of hydrogen-bond donors (Lipinski definition) is 1. The second-order valence-electron chi connectivity index (χ2n) is 7.73. The summed E-state index contributed by atoms with van der Waals surface area (Å²) in [6.45, 7) is 2.99. The van der Waals surface area contributed by atoms with E-state index in [0.29, 0.717) is 42.4 Å². The van der Waals surface area contributed by atoms with Crippen molar-refractivity contribution in [3.63, 3.8) is 0 Å². The third-order valence-electron chi connectivity index (χ3n) is 5.02. The lowest BCUT2D eigenvalue weighted by Gasteiger charge is -2.09. The summed E-state index contributed by atoms with van der Waals surface area (Å²) >= 11 is 0. The minimum absolute atomic E-state index is 0.0999. The van der Waals surface area contributed by atoms with Crippen LogP contribution in [0.4, 0.5) is 5.95 Å². The zero-order chi connectivity index (χ0) is 25.3. The van der Waals surface area contributed by atoms with Gasteiger partial charge >= 0.3 is 0 Å². The van der Waals surface area contributed by atoms with E-state index in [0.717, 1.165) is 17.0 Å². The standard InChI is InChI=1S/C26H25N7O3/c1-4-18-8-6-9-19(12-18)22-13-23(29-26(28-22)30-25(34)17-36-5-2)24-15-33(32-31-24)14-20-10-7-11-21(27-20)16-35-3/h1,6-13,15H,5,14,16-17H2,2-3H3,(H,28,29,30,34). The second-order valence-corrected chi connectivity index (χ2v) is 7.73. The number of pyridine rings is 1. The molecule has 1 amide bonds. The fourth-order valence-electron chi connectivity index (χ4n) is 3.41. The smallest absolute Gasteiger partial charge is 0.252 e. The van der Waals surface area contributed by atoms with Crippen molar-refractivity contribution < 1.29 is 14.3 Å². The first-order valence-electron chi connectivity index (χ1n) is 11.3. The highest BCUT2D eigenvalue weighted by Crippen LogP contribution is 2.25. The molecule has 0 saturated heterocycles. The number of nitrogens with zero attached hydrogens (tertiary/aromatic N) is 6. The first-order valence-corrected chi connectivity index (χ1v) is 11.3. The van der Waals surface area contributed by atoms with Crippen molar-refractivity contribution in [2.24, 2.45) is 0 Å². The molecule has 3 aromatic heterocycles. The molecule has 36 heavy (non-hydrogen) atoms. The highest BCUT2D eigenvalue weighted by atomic mass is 16.5. The van der Waals surface area contributed by atoms with Gasteiger partial charge in [0.1, 0.15) is 12.3 Å². The van der Waals surface area contributed by atoms with Gasteiger partial charge in [-0.25, -0.2) is 14.6 Å². The van der Waals surface area contributed by atoms with Gasteiger partial charge in [0.25, 0.3) is 5.91 Å². The number of rotatable bonds is 10. The molecule has 4 aromatic rings. The fourth-order valence-corrected chi connectivity index (χ4v) is 3.41. The molecule has 0 fully saturated rings. The molecule has 0 aliphatic rings. The van der Waals surface area contributed by atoms with Crippen LogP contribution in [-0.4, -0.2) is 56.2 Å². The van der Waals surface area contributed by atoms with E-state index < -0.39 is 0 Å². The summed E-state index contributed by atoms with van der Waals surface area (Å²) in [5.41, 5.74) is 4.72. The average Bonchev–Trinajstić information content (AvgIpc) is 3.36. The lowest BCUT2D eigenvalue weighted by atomic mass is 10.1.